The van der Waals surface area contributed by atoms with Crippen molar-refractivity contribution in [1.29, 1.82) is 0 Å². The summed E-state index contributed by atoms with van der Waals surface area (Å²) in [5.41, 5.74) is 1.46. The second kappa shape index (κ2) is 5.33. The Balaban J connectivity index is 2.01. The molecule has 0 radical (unpaired) electrons. The summed E-state index contributed by atoms with van der Waals surface area (Å²) in [6, 6.07) is 8.24. The summed E-state index contributed by atoms with van der Waals surface area (Å²) in [5.74, 6) is 2.95. The van der Waals surface area contributed by atoms with Crippen molar-refractivity contribution in [1.82, 2.24) is 9.55 Å². The molecule has 4 heteroatoms. The second-order valence-corrected chi connectivity index (χ2v) is 7.76. The van der Waals surface area contributed by atoms with Crippen LogP contribution in [0.1, 0.15) is 33.0 Å². The molecule has 21 heavy (non-hydrogen) atoms. The Kier molecular flexibility index (Phi) is 3.78. The zero-order valence-electron chi connectivity index (χ0n) is 13.1. The number of thioether (sulfide) groups is 1. The first-order valence-corrected chi connectivity index (χ1v) is 8.86. The van der Waals surface area contributed by atoms with Gasteiger partial charge in [-0.3, -0.25) is 0 Å². The Hall–Kier alpha value is -1.00. The van der Waals surface area contributed by atoms with E-state index in [1.165, 1.54) is 5.52 Å². The number of imidazole rings is 1. The van der Waals surface area contributed by atoms with Gasteiger partial charge in [-0.1, -0.05) is 26.0 Å². The third-order valence-electron chi connectivity index (χ3n) is 4.97. The fraction of sp³-hybridized carbons (Fsp3) is 0.588. The number of aromatic nitrogens is 2. The number of aryl methyl sites for hydroxylation is 1. The van der Waals surface area contributed by atoms with E-state index in [1.54, 1.807) is 0 Å². The quantitative estimate of drug-likeness (QED) is 0.943. The topological polar surface area (TPSA) is 38.0 Å². The molecule has 0 saturated carbocycles. The van der Waals surface area contributed by atoms with Gasteiger partial charge in [0, 0.05) is 18.7 Å². The molecule has 1 atom stereocenters. The summed E-state index contributed by atoms with van der Waals surface area (Å²) in [6.45, 7) is 7.40. The number of fused-ring (bicyclic) bond motifs is 1. The van der Waals surface area contributed by atoms with Gasteiger partial charge in [-0.15, -0.1) is 0 Å². The van der Waals surface area contributed by atoms with Crippen LogP contribution in [0.3, 0.4) is 0 Å². The molecular weight excluding hydrogens is 280 g/mol. The molecule has 1 aromatic carbocycles. The molecule has 0 bridgehead atoms. The summed E-state index contributed by atoms with van der Waals surface area (Å²) >= 11 is 1.86. The molecule has 1 N–H and O–H groups in total. The van der Waals surface area contributed by atoms with E-state index >= 15 is 0 Å². The molecule has 0 aliphatic carbocycles. The number of hydrogen-bond donors (Lipinski definition) is 1. The lowest BCUT2D eigenvalue weighted by Crippen LogP contribution is -2.52. The highest BCUT2D eigenvalue weighted by Gasteiger charge is 2.46. The smallest absolute Gasteiger partial charge is 0.112 e. The predicted octanol–water partition coefficient (Wildman–Crippen LogP) is 3.49. The highest BCUT2D eigenvalue weighted by Crippen LogP contribution is 2.44. The van der Waals surface area contributed by atoms with Crippen LogP contribution in [0.4, 0.5) is 0 Å². The van der Waals surface area contributed by atoms with E-state index in [0.717, 1.165) is 35.8 Å². The molecule has 3 rings (SSSR count). The minimum absolute atomic E-state index is 0.0606. The van der Waals surface area contributed by atoms with Crippen molar-refractivity contribution in [2.24, 2.45) is 5.41 Å². The molecular formula is C17H24N2OS. The lowest BCUT2D eigenvalue weighted by atomic mass is 9.71. The van der Waals surface area contributed by atoms with Crippen LogP contribution >= 0.6 is 11.8 Å². The Bertz CT molecular complexity index is 649. The zero-order chi connectivity index (χ0) is 15.1. The summed E-state index contributed by atoms with van der Waals surface area (Å²) in [6.07, 6.45) is 1.69. The van der Waals surface area contributed by atoms with Gasteiger partial charge >= 0.3 is 0 Å². The van der Waals surface area contributed by atoms with Gasteiger partial charge in [-0.25, -0.2) is 4.98 Å². The standard InChI is InChI=1S/C17H24N2OS/c1-4-19-14-8-6-5-7-13(14)18-15(19)11-17(20)12-21-10-9-16(17,2)3/h5-8,20H,4,9-12H2,1-3H3. The van der Waals surface area contributed by atoms with E-state index in [9.17, 15) is 5.11 Å². The predicted molar refractivity (Wildman–Crippen MR) is 89.8 cm³/mol. The minimum Gasteiger partial charge on any atom is -0.388 e. The van der Waals surface area contributed by atoms with E-state index < -0.39 is 5.60 Å². The third kappa shape index (κ3) is 2.49. The first-order valence-electron chi connectivity index (χ1n) is 7.71. The minimum atomic E-state index is -0.676. The van der Waals surface area contributed by atoms with E-state index in [-0.39, 0.29) is 5.41 Å². The van der Waals surface area contributed by atoms with Gasteiger partial charge in [0.25, 0.3) is 0 Å². The SMILES string of the molecule is CCn1c(CC2(O)CSCCC2(C)C)nc2ccccc21. The van der Waals surface area contributed by atoms with E-state index in [4.69, 9.17) is 4.98 Å². The van der Waals surface area contributed by atoms with Gasteiger partial charge in [0.15, 0.2) is 0 Å². The molecule has 2 heterocycles. The second-order valence-electron chi connectivity index (χ2n) is 6.66. The van der Waals surface area contributed by atoms with Crippen LogP contribution in [0.5, 0.6) is 0 Å². The Morgan fingerprint density at radius 2 is 2.10 bits per heavy atom. The highest BCUT2D eigenvalue weighted by molar-refractivity contribution is 7.99. The maximum atomic E-state index is 11.2. The number of benzene rings is 1. The summed E-state index contributed by atoms with van der Waals surface area (Å²) in [7, 11) is 0. The largest absolute Gasteiger partial charge is 0.388 e. The van der Waals surface area contributed by atoms with Crippen LogP contribution in [-0.4, -0.2) is 31.8 Å². The lowest BCUT2D eigenvalue weighted by molar-refractivity contribution is -0.0531. The molecule has 3 nitrogen and oxygen atoms in total. The van der Waals surface area contributed by atoms with Gasteiger partial charge in [-0.2, -0.15) is 11.8 Å². The maximum Gasteiger partial charge on any atom is 0.112 e. The molecule has 1 aliphatic rings. The third-order valence-corrected chi connectivity index (χ3v) is 6.15. The average Bonchev–Trinajstić information content (AvgIpc) is 2.79. The zero-order valence-corrected chi connectivity index (χ0v) is 13.9. The highest BCUT2D eigenvalue weighted by atomic mass is 32.2. The van der Waals surface area contributed by atoms with Gasteiger partial charge in [0.2, 0.25) is 0 Å². The first-order chi connectivity index (χ1) is 9.97. The monoisotopic (exact) mass is 304 g/mol. The van der Waals surface area contributed by atoms with E-state index in [0.29, 0.717) is 6.42 Å². The molecule has 0 spiro atoms. The van der Waals surface area contributed by atoms with Gasteiger partial charge in [0.05, 0.1) is 16.6 Å². The summed E-state index contributed by atoms with van der Waals surface area (Å²) in [4.78, 5) is 4.78. The lowest BCUT2D eigenvalue weighted by Gasteiger charge is -2.46. The maximum absolute atomic E-state index is 11.2. The van der Waals surface area contributed by atoms with Gasteiger partial charge in [0.1, 0.15) is 5.82 Å². The number of para-hydroxylation sites is 2. The number of rotatable bonds is 3. The molecule has 1 fully saturated rings. The fourth-order valence-corrected chi connectivity index (χ4v) is 4.79. The molecule has 1 saturated heterocycles. The molecule has 114 valence electrons. The number of hydrogen-bond acceptors (Lipinski definition) is 3. The van der Waals surface area contributed by atoms with Crippen molar-refractivity contribution in [3.05, 3.63) is 30.1 Å². The van der Waals surface area contributed by atoms with Crippen LogP contribution in [0, 0.1) is 5.41 Å². The number of nitrogens with zero attached hydrogens (tertiary/aromatic N) is 2. The van der Waals surface area contributed by atoms with Crippen molar-refractivity contribution in [2.45, 2.75) is 45.8 Å². The molecule has 1 aromatic heterocycles. The van der Waals surface area contributed by atoms with E-state index in [1.807, 2.05) is 17.8 Å². The van der Waals surface area contributed by atoms with Crippen molar-refractivity contribution in [3.63, 3.8) is 0 Å². The summed E-state index contributed by atoms with van der Waals surface area (Å²) < 4.78 is 2.24. The van der Waals surface area contributed by atoms with Crippen LogP contribution in [0.25, 0.3) is 11.0 Å². The Morgan fingerprint density at radius 1 is 1.33 bits per heavy atom. The summed E-state index contributed by atoms with van der Waals surface area (Å²) in [5, 5.41) is 11.2. The number of aliphatic hydroxyl groups is 1. The van der Waals surface area contributed by atoms with Crippen molar-refractivity contribution in [3.8, 4) is 0 Å². The van der Waals surface area contributed by atoms with Gasteiger partial charge in [-0.05, 0) is 36.6 Å². The van der Waals surface area contributed by atoms with Crippen LogP contribution in [0.15, 0.2) is 24.3 Å². The Labute approximate surface area is 130 Å². The fourth-order valence-electron chi connectivity index (χ4n) is 3.16. The first kappa shape index (κ1) is 14.9. The van der Waals surface area contributed by atoms with Crippen LogP contribution in [0.2, 0.25) is 0 Å². The molecule has 0 amide bonds. The Morgan fingerprint density at radius 3 is 2.81 bits per heavy atom. The van der Waals surface area contributed by atoms with E-state index in [2.05, 4.69) is 43.5 Å². The van der Waals surface area contributed by atoms with Crippen molar-refractivity contribution < 1.29 is 5.11 Å². The van der Waals surface area contributed by atoms with Crippen LogP contribution < -0.4 is 0 Å². The van der Waals surface area contributed by atoms with Crippen molar-refractivity contribution in [2.75, 3.05) is 11.5 Å². The molecule has 2 aromatic rings. The molecule has 1 unspecified atom stereocenters. The van der Waals surface area contributed by atoms with Gasteiger partial charge < -0.3 is 9.67 Å². The van der Waals surface area contributed by atoms with Crippen molar-refractivity contribution >= 4 is 22.8 Å². The normalized spacial score (nSPS) is 25.3. The van der Waals surface area contributed by atoms with Crippen LogP contribution in [-0.2, 0) is 13.0 Å². The molecule has 1 aliphatic heterocycles. The average molecular weight is 304 g/mol.